The minimum atomic E-state index is -0.468. The number of aliphatic hydroxyl groups excluding tert-OH is 1. The number of benzene rings is 1. The van der Waals surface area contributed by atoms with Crippen molar-refractivity contribution in [2.45, 2.75) is 46.6 Å². The van der Waals surface area contributed by atoms with Gasteiger partial charge in [0.2, 0.25) is 0 Å². The van der Waals surface area contributed by atoms with E-state index in [1.54, 1.807) is 0 Å². The molecule has 0 fully saturated rings. The van der Waals surface area contributed by atoms with Gasteiger partial charge in [-0.3, -0.25) is 4.79 Å². The number of hydrogen-bond donors (Lipinski definition) is 2. The van der Waals surface area contributed by atoms with E-state index in [4.69, 9.17) is 0 Å². The predicted molar refractivity (Wildman–Crippen MR) is 78.3 cm³/mol. The molecule has 19 heavy (non-hydrogen) atoms. The van der Waals surface area contributed by atoms with Gasteiger partial charge in [-0.25, -0.2) is 0 Å². The number of rotatable bonds is 6. The molecular formula is C16H25NO2. The van der Waals surface area contributed by atoms with Gasteiger partial charge in [-0.2, -0.15) is 0 Å². The van der Waals surface area contributed by atoms with Crippen molar-refractivity contribution in [3.63, 3.8) is 0 Å². The average Bonchev–Trinajstić information content (AvgIpc) is 2.37. The molecule has 0 saturated heterocycles. The number of amides is 1. The summed E-state index contributed by atoms with van der Waals surface area (Å²) in [7, 11) is 0. The van der Waals surface area contributed by atoms with Crippen LogP contribution in [0, 0.1) is 19.8 Å². The molecule has 1 aromatic rings. The molecule has 0 bridgehead atoms. The van der Waals surface area contributed by atoms with Crippen molar-refractivity contribution in [3.05, 3.63) is 34.9 Å². The first-order valence-corrected chi connectivity index (χ1v) is 7.03. The van der Waals surface area contributed by atoms with Crippen LogP contribution >= 0.6 is 0 Å². The Hall–Kier alpha value is -1.35. The molecule has 1 rings (SSSR count). The summed E-state index contributed by atoms with van der Waals surface area (Å²) in [6.07, 6.45) is 1.39. The zero-order chi connectivity index (χ0) is 14.4. The molecule has 0 aliphatic carbocycles. The maximum atomic E-state index is 12.1. The second kappa shape index (κ2) is 7.29. The summed E-state index contributed by atoms with van der Waals surface area (Å²) in [5.74, 6) is 0.141. The summed E-state index contributed by atoms with van der Waals surface area (Å²) < 4.78 is 0. The highest BCUT2D eigenvalue weighted by Gasteiger charge is 2.17. The van der Waals surface area contributed by atoms with E-state index in [9.17, 15) is 9.90 Å². The lowest BCUT2D eigenvalue weighted by Crippen LogP contribution is -2.36. The van der Waals surface area contributed by atoms with Gasteiger partial charge in [-0.15, -0.1) is 0 Å². The van der Waals surface area contributed by atoms with Crippen LogP contribution in [-0.4, -0.2) is 23.7 Å². The first-order chi connectivity index (χ1) is 8.99. The second-order valence-electron chi connectivity index (χ2n) is 5.17. The largest absolute Gasteiger partial charge is 0.391 e. The summed E-state index contributed by atoms with van der Waals surface area (Å²) in [4.78, 5) is 12.1. The fourth-order valence-electron chi connectivity index (χ4n) is 2.36. The molecule has 0 heterocycles. The lowest BCUT2D eigenvalue weighted by atomic mass is 9.96. The minimum absolute atomic E-state index is 0.109. The number of hydrogen-bond acceptors (Lipinski definition) is 2. The fraction of sp³-hybridized carbons (Fsp3) is 0.562. The van der Waals surface area contributed by atoms with Crippen LogP contribution in [0.15, 0.2) is 18.2 Å². The van der Waals surface area contributed by atoms with Crippen LogP contribution in [0.4, 0.5) is 0 Å². The predicted octanol–water partition coefficient (Wildman–Crippen LogP) is 2.83. The van der Waals surface area contributed by atoms with Gasteiger partial charge >= 0.3 is 0 Å². The molecule has 0 saturated carbocycles. The van der Waals surface area contributed by atoms with Crippen molar-refractivity contribution in [3.8, 4) is 0 Å². The average molecular weight is 263 g/mol. The van der Waals surface area contributed by atoms with Crippen LogP contribution in [-0.2, 0) is 0 Å². The highest BCUT2D eigenvalue weighted by atomic mass is 16.3. The molecule has 106 valence electrons. The van der Waals surface area contributed by atoms with Crippen molar-refractivity contribution in [2.24, 2.45) is 5.92 Å². The normalized spacial score (nSPS) is 12.5. The molecule has 1 unspecified atom stereocenters. The van der Waals surface area contributed by atoms with E-state index < -0.39 is 6.10 Å². The Morgan fingerprint density at radius 3 is 2.42 bits per heavy atom. The Morgan fingerprint density at radius 2 is 1.89 bits per heavy atom. The van der Waals surface area contributed by atoms with Crippen LogP contribution in [0.3, 0.4) is 0 Å². The number of carbonyl (C=O) groups is 1. The molecule has 1 aromatic carbocycles. The zero-order valence-electron chi connectivity index (χ0n) is 12.4. The maximum Gasteiger partial charge on any atom is 0.251 e. The van der Waals surface area contributed by atoms with Crippen molar-refractivity contribution in [1.29, 1.82) is 0 Å². The number of aliphatic hydroxyl groups is 1. The first-order valence-electron chi connectivity index (χ1n) is 7.03. The van der Waals surface area contributed by atoms with Gasteiger partial charge < -0.3 is 10.4 Å². The van der Waals surface area contributed by atoms with Crippen LogP contribution in [0.25, 0.3) is 0 Å². The molecule has 0 aromatic heterocycles. The number of aryl methyl sites for hydroxylation is 2. The molecule has 0 radical (unpaired) electrons. The third-order valence-corrected chi connectivity index (χ3v) is 3.69. The molecule has 3 nitrogen and oxygen atoms in total. The van der Waals surface area contributed by atoms with Crippen molar-refractivity contribution in [1.82, 2.24) is 5.32 Å². The van der Waals surface area contributed by atoms with Crippen molar-refractivity contribution >= 4 is 5.91 Å². The summed E-state index contributed by atoms with van der Waals surface area (Å²) in [6, 6.07) is 5.76. The van der Waals surface area contributed by atoms with Crippen LogP contribution in [0.1, 0.15) is 48.2 Å². The third kappa shape index (κ3) is 4.35. The minimum Gasteiger partial charge on any atom is -0.391 e. The van der Waals surface area contributed by atoms with Gasteiger partial charge in [-0.1, -0.05) is 44.4 Å². The SMILES string of the molecule is CCC(CC)C(O)CNC(=O)c1ccc(C)cc1C. The van der Waals surface area contributed by atoms with Crippen LogP contribution in [0.2, 0.25) is 0 Å². The summed E-state index contributed by atoms with van der Waals surface area (Å²) in [5, 5.41) is 12.8. The molecular weight excluding hydrogens is 238 g/mol. The van der Waals surface area contributed by atoms with E-state index in [1.165, 1.54) is 0 Å². The molecule has 1 atom stereocenters. The first kappa shape index (κ1) is 15.7. The Morgan fingerprint density at radius 1 is 1.26 bits per heavy atom. The van der Waals surface area contributed by atoms with Gasteiger partial charge in [0.05, 0.1) is 6.10 Å². The van der Waals surface area contributed by atoms with E-state index >= 15 is 0 Å². The molecule has 0 aliphatic rings. The molecule has 0 spiro atoms. The van der Waals surface area contributed by atoms with E-state index in [0.717, 1.165) is 24.0 Å². The lowest BCUT2D eigenvalue weighted by Gasteiger charge is -2.20. The fourth-order valence-corrected chi connectivity index (χ4v) is 2.36. The highest BCUT2D eigenvalue weighted by Crippen LogP contribution is 2.13. The Labute approximate surface area is 116 Å². The molecule has 0 aliphatic heterocycles. The Balaban J connectivity index is 2.60. The van der Waals surface area contributed by atoms with Gasteiger partial charge in [0.1, 0.15) is 0 Å². The molecule has 1 amide bonds. The zero-order valence-corrected chi connectivity index (χ0v) is 12.4. The summed E-state index contributed by atoms with van der Waals surface area (Å²) in [6.45, 7) is 8.37. The maximum absolute atomic E-state index is 12.1. The van der Waals surface area contributed by atoms with Gasteiger partial charge in [-0.05, 0) is 31.4 Å². The Bertz CT molecular complexity index is 425. The standard InChI is InChI=1S/C16H25NO2/c1-5-13(6-2)15(18)10-17-16(19)14-8-7-11(3)9-12(14)4/h7-9,13,15,18H,5-6,10H2,1-4H3,(H,17,19). The van der Waals surface area contributed by atoms with E-state index in [0.29, 0.717) is 12.1 Å². The smallest absolute Gasteiger partial charge is 0.251 e. The van der Waals surface area contributed by atoms with Crippen LogP contribution in [0.5, 0.6) is 0 Å². The Kier molecular flexibility index (Phi) is 6.03. The topological polar surface area (TPSA) is 49.3 Å². The second-order valence-corrected chi connectivity index (χ2v) is 5.17. The number of carbonyl (C=O) groups excluding carboxylic acids is 1. The van der Waals surface area contributed by atoms with E-state index in [2.05, 4.69) is 19.2 Å². The monoisotopic (exact) mass is 263 g/mol. The van der Waals surface area contributed by atoms with Crippen molar-refractivity contribution < 1.29 is 9.90 Å². The van der Waals surface area contributed by atoms with Gasteiger partial charge in [0.15, 0.2) is 0 Å². The molecule has 2 N–H and O–H groups in total. The molecule has 3 heteroatoms. The number of nitrogens with one attached hydrogen (secondary N) is 1. The highest BCUT2D eigenvalue weighted by molar-refractivity contribution is 5.95. The van der Waals surface area contributed by atoms with Crippen LogP contribution < -0.4 is 5.32 Å². The van der Waals surface area contributed by atoms with E-state index in [1.807, 2.05) is 32.0 Å². The lowest BCUT2D eigenvalue weighted by molar-refractivity contribution is 0.0816. The quantitative estimate of drug-likeness (QED) is 0.829. The van der Waals surface area contributed by atoms with Gasteiger partial charge in [0.25, 0.3) is 5.91 Å². The summed E-state index contributed by atoms with van der Waals surface area (Å²) in [5.41, 5.74) is 2.79. The summed E-state index contributed by atoms with van der Waals surface area (Å²) >= 11 is 0. The van der Waals surface area contributed by atoms with Gasteiger partial charge in [0, 0.05) is 12.1 Å². The third-order valence-electron chi connectivity index (χ3n) is 3.69. The van der Waals surface area contributed by atoms with E-state index in [-0.39, 0.29) is 11.8 Å². The van der Waals surface area contributed by atoms with Crippen molar-refractivity contribution in [2.75, 3.05) is 6.54 Å².